The Hall–Kier alpha value is -1.67. The average molecular weight is 269 g/mol. The topological polar surface area (TPSA) is 12.0 Å². The molecule has 1 saturated carbocycles. The molecule has 1 N–H and O–H groups in total. The first-order chi connectivity index (χ1) is 9.74. The molecule has 1 atom stereocenters. The molecule has 2 heteroatoms. The first kappa shape index (κ1) is 13.3. The van der Waals surface area contributed by atoms with Crippen molar-refractivity contribution < 1.29 is 4.39 Å². The summed E-state index contributed by atoms with van der Waals surface area (Å²) in [6.07, 6.45) is 2.65. The summed E-state index contributed by atoms with van der Waals surface area (Å²) in [5.74, 6) is 0.592. The molecule has 20 heavy (non-hydrogen) atoms. The number of hydrogen-bond acceptors (Lipinski definition) is 1. The van der Waals surface area contributed by atoms with Crippen LogP contribution in [0.15, 0.2) is 48.5 Å². The minimum Gasteiger partial charge on any atom is -0.306 e. The van der Waals surface area contributed by atoms with Gasteiger partial charge >= 0.3 is 0 Å². The van der Waals surface area contributed by atoms with Crippen LogP contribution in [-0.4, -0.2) is 0 Å². The van der Waals surface area contributed by atoms with E-state index in [1.54, 1.807) is 0 Å². The molecule has 0 spiro atoms. The van der Waals surface area contributed by atoms with Gasteiger partial charge < -0.3 is 5.32 Å². The van der Waals surface area contributed by atoms with E-state index in [4.69, 9.17) is 0 Å². The Labute approximate surface area is 119 Å². The van der Waals surface area contributed by atoms with Crippen LogP contribution in [0.3, 0.4) is 0 Å². The molecule has 0 radical (unpaired) electrons. The molecule has 104 valence electrons. The van der Waals surface area contributed by atoms with E-state index in [-0.39, 0.29) is 11.9 Å². The maximum absolute atomic E-state index is 12.9. The maximum atomic E-state index is 12.9. The van der Waals surface area contributed by atoms with Crippen molar-refractivity contribution in [3.63, 3.8) is 0 Å². The van der Waals surface area contributed by atoms with Gasteiger partial charge in [-0.05, 0) is 54.5 Å². The predicted octanol–water partition coefficient (Wildman–Crippen LogP) is 4.55. The summed E-state index contributed by atoms with van der Waals surface area (Å²) in [5.41, 5.74) is 4.01. The van der Waals surface area contributed by atoms with Crippen LogP contribution in [0.2, 0.25) is 0 Å². The Morgan fingerprint density at radius 1 is 1.10 bits per heavy atom. The first-order valence-electron chi connectivity index (χ1n) is 7.30. The molecule has 0 amide bonds. The van der Waals surface area contributed by atoms with Crippen LogP contribution in [0, 0.1) is 5.82 Å². The highest BCUT2D eigenvalue weighted by molar-refractivity contribution is 5.33. The minimum absolute atomic E-state index is 0.181. The second kappa shape index (κ2) is 5.76. The van der Waals surface area contributed by atoms with Gasteiger partial charge in [0.1, 0.15) is 5.82 Å². The summed E-state index contributed by atoms with van der Waals surface area (Å²) in [6.45, 7) is 2.98. The van der Waals surface area contributed by atoms with Crippen molar-refractivity contribution in [3.8, 4) is 0 Å². The van der Waals surface area contributed by atoms with Gasteiger partial charge in [-0.15, -0.1) is 0 Å². The molecule has 1 nitrogen and oxygen atoms in total. The van der Waals surface area contributed by atoms with Crippen LogP contribution >= 0.6 is 0 Å². The summed E-state index contributed by atoms with van der Waals surface area (Å²) < 4.78 is 12.9. The number of halogens is 1. The average Bonchev–Trinajstić information content (AvgIpc) is 3.30. The van der Waals surface area contributed by atoms with Gasteiger partial charge in [-0.25, -0.2) is 4.39 Å². The van der Waals surface area contributed by atoms with Crippen molar-refractivity contribution in [2.45, 2.75) is 38.3 Å². The van der Waals surface area contributed by atoms with Gasteiger partial charge in [0, 0.05) is 12.6 Å². The lowest BCUT2D eigenvalue weighted by Gasteiger charge is -2.16. The monoisotopic (exact) mass is 269 g/mol. The van der Waals surface area contributed by atoms with E-state index in [1.165, 1.54) is 36.1 Å². The van der Waals surface area contributed by atoms with E-state index in [0.29, 0.717) is 0 Å². The lowest BCUT2D eigenvalue weighted by molar-refractivity contribution is 0.569. The molecule has 1 aliphatic carbocycles. The fraction of sp³-hybridized carbons (Fsp3) is 0.333. The molecule has 0 heterocycles. The van der Waals surface area contributed by atoms with Crippen LogP contribution in [0.4, 0.5) is 4.39 Å². The third kappa shape index (κ3) is 3.07. The van der Waals surface area contributed by atoms with Crippen molar-refractivity contribution in [2.75, 3.05) is 0 Å². The van der Waals surface area contributed by atoms with Gasteiger partial charge in [0.15, 0.2) is 0 Å². The number of benzene rings is 2. The zero-order valence-electron chi connectivity index (χ0n) is 11.8. The molecule has 0 aliphatic heterocycles. The van der Waals surface area contributed by atoms with Gasteiger partial charge in [0.25, 0.3) is 0 Å². The summed E-state index contributed by atoms with van der Waals surface area (Å²) in [6, 6.07) is 15.6. The highest BCUT2D eigenvalue weighted by Gasteiger charge is 2.25. The zero-order valence-corrected chi connectivity index (χ0v) is 11.8. The largest absolute Gasteiger partial charge is 0.306 e. The molecule has 1 fully saturated rings. The number of hydrogen-bond donors (Lipinski definition) is 1. The maximum Gasteiger partial charge on any atom is 0.123 e. The van der Waals surface area contributed by atoms with E-state index < -0.39 is 0 Å². The summed E-state index contributed by atoms with van der Waals surface area (Å²) in [7, 11) is 0. The van der Waals surface area contributed by atoms with Gasteiger partial charge in [0.05, 0.1) is 0 Å². The summed E-state index contributed by atoms with van der Waals surface area (Å²) >= 11 is 0. The van der Waals surface area contributed by atoms with E-state index >= 15 is 0 Å². The van der Waals surface area contributed by atoms with Crippen molar-refractivity contribution in [1.29, 1.82) is 0 Å². The van der Waals surface area contributed by atoms with Crippen molar-refractivity contribution in [3.05, 3.63) is 71.0 Å². The molecule has 3 rings (SSSR count). The Balaban J connectivity index is 1.65. The number of nitrogens with one attached hydrogen (secondary N) is 1. The molecule has 0 aromatic heterocycles. The second-order valence-corrected chi connectivity index (χ2v) is 5.63. The van der Waals surface area contributed by atoms with E-state index in [0.717, 1.165) is 18.0 Å². The standard InChI is InChI=1S/C18H20FN/c1-13(14-8-10-17(19)11-9-14)20-12-16-4-2-3-5-18(16)15-6-7-15/h2-5,8-11,13,15,20H,6-7,12H2,1H3/t13-/m0/s1. The van der Waals surface area contributed by atoms with Crippen molar-refractivity contribution in [2.24, 2.45) is 0 Å². The van der Waals surface area contributed by atoms with Gasteiger partial charge in [-0.3, -0.25) is 0 Å². The summed E-state index contributed by atoms with van der Waals surface area (Å²) in [4.78, 5) is 0. The Kier molecular flexibility index (Phi) is 3.83. The first-order valence-corrected chi connectivity index (χ1v) is 7.30. The molecule has 0 unspecified atom stereocenters. The Bertz CT molecular complexity index is 572. The van der Waals surface area contributed by atoms with E-state index in [2.05, 4.69) is 36.5 Å². The molecule has 0 saturated heterocycles. The normalized spacial score (nSPS) is 16.1. The molecule has 2 aromatic carbocycles. The van der Waals surface area contributed by atoms with Crippen LogP contribution in [0.1, 0.15) is 48.4 Å². The predicted molar refractivity (Wildman–Crippen MR) is 80.1 cm³/mol. The van der Waals surface area contributed by atoms with Crippen molar-refractivity contribution >= 4 is 0 Å². The molecule has 1 aliphatic rings. The lowest BCUT2D eigenvalue weighted by Crippen LogP contribution is -2.18. The Morgan fingerprint density at radius 2 is 1.80 bits per heavy atom. The highest BCUT2D eigenvalue weighted by Crippen LogP contribution is 2.41. The molecule has 0 bridgehead atoms. The van der Waals surface area contributed by atoms with Gasteiger partial charge in [0.2, 0.25) is 0 Å². The molecule has 2 aromatic rings. The quantitative estimate of drug-likeness (QED) is 0.839. The third-order valence-corrected chi connectivity index (χ3v) is 4.04. The zero-order chi connectivity index (χ0) is 13.9. The third-order valence-electron chi connectivity index (χ3n) is 4.04. The SMILES string of the molecule is C[C@H](NCc1ccccc1C1CC1)c1ccc(F)cc1. The highest BCUT2D eigenvalue weighted by atomic mass is 19.1. The minimum atomic E-state index is -0.181. The van der Waals surface area contributed by atoms with Crippen LogP contribution in [-0.2, 0) is 6.54 Å². The van der Waals surface area contributed by atoms with Gasteiger partial charge in [-0.2, -0.15) is 0 Å². The molecular weight excluding hydrogens is 249 g/mol. The van der Waals surface area contributed by atoms with Gasteiger partial charge in [-0.1, -0.05) is 36.4 Å². The fourth-order valence-electron chi connectivity index (χ4n) is 2.62. The molecular formula is C18H20FN. The van der Waals surface area contributed by atoms with Crippen LogP contribution in [0.5, 0.6) is 0 Å². The summed E-state index contributed by atoms with van der Waals surface area (Å²) in [5, 5.41) is 3.54. The van der Waals surface area contributed by atoms with E-state index in [9.17, 15) is 4.39 Å². The lowest BCUT2D eigenvalue weighted by atomic mass is 10.0. The number of rotatable bonds is 5. The smallest absolute Gasteiger partial charge is 0.123 e. The second-order valence-electron chi connectivity index (χ2n) is 5.63. The van der Waals surface area contributed by atoms with E-state index in [1.807, 2.05) is 12.1 Å². The Morgan fingerprint density at radius 3 is 2.50 bits per heavy atom. The van der Waals surface area contributed by atoms with Crippen LogP contribution in [0.25, 0.3) is 0 Å². The van der Waals surface area contributed by atoms with Crippen molar-refractivity contribution in [1.82, 2.24) is 5.32 Å². The fourth-order valence-corrected chi connectivity index (χ4v) is 2.62. The van der Waals surface area contributed by atoms with Crippen LogP contribution < -0.4 is 5.32 Å².